The van der Waals surface area contributed by atoms with Gasteiger partial charge in [-0.1, -0.05) is 36.4 Å². The molecule has 0 bridgehead atoms. The van der Waals surface area contributed by atoms with Crippen LogP contribution in [0.4, 0.5) is 11.6 Å². The molecular formula is C28H27N5O4. The summed E-state index contributed by atoms with van der Waals surface area (Å²) in [6.45, 7) is 4.26. The lowest BCUT2D eigenvalue weighted by atomic mass is 10.0. The van der Waals surface area contributed by atoms with Crippen molar-refractivity contribution in [1.82, 2.24) is 9.88 Å². The lowest BCUT2D eigenvalue weighted by Gasteiger charge is -2.38. The van der Waals surface area contributed by atoms with Gasteiger partial charge >= 0.3 is 0 Å². The Morgan fingerprint density at radius 3 is 2.57 bits per heavy atom. The standard InChI is InChI=1S/C28H27N5O4/c1-19-10-11-23(35-2)21(17-19)30-26(34)25(20-7-4-3-5-8-20)32-12-14-33(15-13-32)28-22(18-29)31-27(37-28)24-9-6-16-36-24/h3-11,16-17,25H,12-15H2,1-2H3,(H,30,34). The van der Waals surface area contributed by atoms with Gasteiger partial charge in [0.15, 0.2) is 5.76 Å². The van der Waals surface area contributed by atoms with E-state index in [4.69, 9.17) is 13.6 Å². The predicted octanol–water partition coefficient (Wildman–Crippen LogP) is 4.63. The highest BCUT2D eigenvalue weighted by Crippen LogP contribution is 2.32. The minimum atomic E-state index is -0.502. The minimum absolute atomic E-state index is 0.138. The number of benzene rings is 2. The average Bonchev–Trinajstić information content (AvgIpc) is 3.60. The first-order valence-corrected chi connectivity index (χ1v) is 12.0. The summed E-state index contributed by atoms with van der Waals surface area (Å²) in [6.07, 6.45) is 1.53. The van der Waals surface area contributed by atoms with Crippen molar-refractivity contribution in [2.45, 2.75) is 13.0 Å². The Morgan fingerprint density at radius 2 is 1.89 bits per heavy atom. The van der Waals surface area contributed by atoms with Gasteiger partial charge in [0.2, 0.25) is 17.5 Å². The van der Waals surface area contributed by atoms with Gasteiger partial charge < -0.3 is 23.8 Å². The van der Waals surface area contributed by atoms with E-state index in [-0.39, 0.29) is 17.5 Å². The van der Waals surface area contributed by atoms with Crippen LogP contribution in [0.2, 0.25) is 0 Å². The van der Waals surface area contributed by atoms with Gasteiger partial charge in [-0.15, -0.1) is 0 Å². The van der Waals surface area contributed by atoms with E-state index >= 15 is 0 Å². The fraction of sp³-hybridized carbons (Fsp3) is 0.250. The summed E-state index contributed by atoms with van der Waals surface area (Å²) in [7, 11) is 1.59. The van der Waals surface area contributed by atoms with Crippen molar-refractivity contribution in [1.29, 1.82) is 5.26 Å². The van der Waals surface area contributed by atoms with Crippen molar-refractivity contribution in [2.75, 3.05) is 43.5 Å². The van der Waals surface area contributed by atoms with Gasteiger partial charge in [-0.25, -0.2) is 0 Å². The number of anilines is 2. The van der Waals surface area contributed by atoms with Gasteiger partial charge in [-0.3, -0.25) is 9.69 Å². The van der Waals surface area contributed by atoms with Crippen LogP contribution < -0.4 is 15.0 Å². The number of rotatable bonds is 7. The third-order valence-corrected chi connectivity index (χ3v) is 6.39. The smallest absolute Gasteiger partial charge is 0.266 e. The molecule has 3 heterocycles. The number of nitrogens with zero attached hydrogens (tertiary/aromatic N) is 4. The van der Waals surface area contributed by atoms with Gasteiger partial charge in [0.1, 0.15) is 17.9 Å². The monoisotopic (exact) mass is 497 g/mol. The zero-order valence-electron chi connectivity index (χ0n) is 20.7. The van der Waals surface area contributed by atoms with Crippen LogP contribution in [-0.2, 0) is 4.79 Å². The van der Waals surface area contributed by atoms with Crippen molar-refractivity contribution in [3.05, 3.63) is 83.7 Å². The number of aromatic nitrogens is 1. The number of furan rings is 1. The van der Waals surface area contributed by atoms with Crippen LogP contribution in [0.3, 0.4) is 0 Å². The highest BCUT2D eigenvalue weighted by atomic mass is 16.5. The topological polar surface area (TPSA) is 108 Å². The summed E-state index contributed by atoms with van der Waals surface area (Å²) in [5.74, 6) is 1.62. The number of nitriles is 1. The number of nitrogens with one attached hydrogen (secondary N) is 1. The normalized spacial score (nSPS) is 14.7. The fourth-order valence-corrected chi connectivity index (χ4v) is 4.57. The molecule has 0 aliphatic carbocycles. The van der Waals surface area contributed by atoms with Gasteiger partial charge in [0.25, 0.3) is 5.89 Å². The van der Waals surface area contributed by atoms with Gasteiger partial charge in [0.05, 0.1) is 19.1 Å². The maximum atomic E-state index is 13.7. The highest BCUT2D eigenvalue weighted by Gasteiger charge is 2.33. The van der Waals surface area contributed by atoms with Crippen LogP contribution in [-0.4, -0.2) is 49.1 Å². The number of amides is 1. The number of carbonyl (C=O) groups excluding carboxylic acids is 1. The number of hydrogen-bond acceptors (Lipinski definition) is 8. The predicted molar refractivity (Wildman–Crippen MR) is 138 cm³/mol. The van der Waals surface area contributed by atoms with Gasteiger partial charge in [0, 0.05) is 26.2 Å². The third-order valence-electron chi connectivity index (χ3n) is 6.39. The Bertz CT molecular complexity index is 1400. The molecule has 1 atom stereocenters. The SMILES string of the molecule is COc1ccc(C)cc1NC(=O)C(c1ccccc1)N1CCN(c2oc(-c3ccco3)nc2C#N)CC1. The third kappa shape index (κ3) is 5.06. The molecule has 37 heavy (non-hydrogen) atoms. The summed E-state index contributed by atoms with van der Waals surface area (Å²) in [5, 5.41) is 12.7. The van der Waals surface area contributed by atoms with Crippen LogP contribution in [0.15, 0.2) is 75.8 Å². The first kappa shape index (κ1) is 24.2. The van der Waals surface area contributed by atoms with E-state index in [0.29, 0.717) is 49.3 Å². The summed E-state index contributed by atoms with van der Waals surface area (Å²) in [6, 6.07) is 20.5. The van der Waals surface area contributed by atoms with Crippen molar-refractivity contribution >= 4 is 17.5 Å². The molecule has 188 valence electrons. The Balaban J connectivity index is 1.36. The van der Waals surface area contributed by atoms with Crippen LogP contribution in [0.1, 0.15) is 22.9 Å². The molecule has 1 saturated heterocycles. The molecule has 0 spiro atoms. The van der Waals surface area contributed by atoms with Crippen molar-refractivity contribution in [2.24, 2.45) is 0 Å². The first-order chi connectivity index (χ1) is 18.1. The van der Waals surface area contributed by atoms with Crippen LogP contribution >= 0.6 is 0 Å². The molecule has 1 unspecified atom stereocenters. The zero-order chi connectivity index (χ0) is 25.8. The quantitative estimate of drug-likeness (QED) is 0.394. The van der Waals surface area contributed by atoms with E-state index in [1.807, 2.05) is 60.4 Å². The second kappa shape index (κ2) is 10.6. The molecule has 9 heteroatoms. The summed E-state index contributed by atoms with van der Waals surface area (Å²) < 4.78 is 16.8. The fourth-order valence-electron chi connectivity index (χ4n) is 4.57. The molecule has 0 radical (unpaired) electrons. The summed E-state index contributed by atoms with van der Waals surface area (Å²) >= 11 is 0. The number of methoxy groups -OCH3 is 1. The maximum absolute atomic E-state index is 13.7. The maximum Gasteiger partial charge on any atom is 0.266 e. The van der Waals surface area contributed by atoms with Gasteiger partial charge in [-0.2, -0.15) is 10.2 Å². The molecule has 0 saturated carbocycles. The number of oxazole rings is 1. The zero-order valence-corrected chi connectivity index (χ0v) is 20.7. The van der Waals surface area contributed by atoms with Crippen molar-refractivity contribution in [3.63, 3.8) is 0 Å². The lowest BCUT2D eigenvalue weighted by Crippen LogP contribution is -2.50. The van der Waals surface area contributed by atoms with E-state index < -0.39 is 6.04 Å². The van der Waals surface area contributed by atoms with Crippen LogP contribution in [0, 0.1) is 18.3 Å². The average molecular weight is 498 g/mol. The summed E-state index contributed by atoms with van der Waals surface area (Å²) in [5.41, 5.74) is 2.77. The van der Waals surface area contributed by atoms with Crippen molar-refractivity contribution < 1.29 is 18.4 Å². The number of aryl methyl sites for hydroxylation is 1. The molecule has 1 amide bonds. The second-order valence-electron chi connectivity index (χ2n) is 8.79. The molecule has 1 fully saturated rings. The van der Waals surface area contributed by atoms with E-state index in [1.165, 1.54) is 6.26 Å². The van der Waals surface area contributed by atoms with E-state index in [0.717, 1.165) is 11.1 Å². The van der Waals surface area contributed by atoms with Crippen LogP contribution in [0.25, 0.3) is 11.7 Å². The van der Waals surface area contributed by atoms with E-state index in [9.17, 15) is 10.1 Å². The minimum Gasteiger partial charge on any atom is -0.495 e. The lowest BCUT2D eigenvalue weighted by molar-refractivity contribution is -0.121. The molecule has 9 nitrogen and oxygen atoms in total. The molecule has 1 aliphatic rings. The Kier molecular flexibility index (Phi) is 6.92. The molecular weight excluding hydrogens is 470 g/mol. The molecule has 2 aromatic heterocycles. The molecule has 2 aromatic carbocycles. The number of ether oxygens (including phenoxy) is 1. The molecule has 1 N–H and O–H groups in total. The molecule has 5 rings (SSSR count). The van der Waals surface area contributed by atoms with E-state index in [2.05, 4.69) is 21.3 Å². The van der Waals surface area contributed by atoms with Gasteiger partial charge in [-0.05, 0) is 42.3 Å². The van der Waals surface area contributed by atoms with Crippen LogP contribution in [0.5, 0.6) is 5.75 Å². The Morgan fingerprint density at radius 1 is 1.11 bits per heavy atom. The first-order valence-electron chi connectivity index (χ1n) is 12.0. The number of carbonyl (C=O) groups is 1. The molecule has 1 aliphatic heterocycles. The Hall–Kier alpha value is -4.55. The van der Waals surface area contributed by atoms with Crippen molar-refractivity contribution in [3.8, 4) is 23.5 Å². The largest absolute Gasteiger partial charge is 0.495 e. The molecule has 4 aromatic rings. The number of hydrogen-bond donors (Lipinski definition) is 1. The van der Waals surface area contributed by atoms with E-state index in [1.54, 1.807) is 19.2 Å². The second-order valence-corrected chi connectivity index (χ2v) is 8.79. The highest BCUT2D eigenvalue weighted by molar-refractivity contribution is 5.97. The number of piperazine rings is 1. The Labute approximate surface area is 214 Å². The summed E-state index contributed by atoms with van der Waals surface area (Å²) in [4.78, 5) is 22.1.